The van der Waals surface area contributed by atoms with Crippen LogP contribution >= 0.6 is 0 Å². The van der Waals surface area contributed by atoms with Crippen molar-refractivity contribution in [3.8, 4) is 0 Å². The summed E-state index contributed by atoms with van der Waals surface area (Å²) >= 11 is 0. The second kappa shape index (κ2) is 3.02. The molecule has 1 aliphatic rings. The van der Waals surface area contributed by atoms with Gasteiger partial charge in [0.15, 0.2) is 0 Å². The average molecular weight is 125 g/mol. The fourth-order valence-corrected chi connectivity index (χ4v) is 1.48. The van der Waals surface area contributed by atoms with E-state index < -0.39 is 0 Å². The van der Waals surface area contributed by atoms with Crippen molar-refractivity contribution in [2.24, 2.45) is 11.7 Å². The third-order valence-corrected chi connectivity index (χ3v) is 2.18. The van der Waals surface area contributed by atoms with Crippen LogP contribution in [0.5, 0.6) is 0 Å². The van der Waals surface area contributed by atoms with Crippen molar-refractivity contribution in [1.29, 1.82) is 0 Å². The second-order valence-electron chi connectivity index (χ2n) is 2.85. The Balaban J connectivity index is 2.38. The molecule has 0 bridgehead atoms. The van der Waals surface area contributed by atoms with E-state index in [-0.39, 0.29) is 0 Å². The summed E-state index contributed by atoms with van der Waals surface area (Å²) in [6.45, 7) is 3.75. The van der Waals surface area contributed by atoms with Crippen LogP contribution in [0.1, 0.15) is 25.7 Å². The maximum absolute atomic E-state index is 5.82. The van der Waals surface area contributed by atoms with Gasteiger partial charge < -0.3 is 5.73 Å². The third-order valence-electron chi connectivity index (χ3n) is 2.18. The standard InChI is InChI=1S/C8H15N/c1-2-7-5-3-4-6-8(7)9/h2,7-8H,1,3-6,9H2/t7-,8+/m1/s1. The topological polar surface area (TPSA) is 26.0 Å². The molecule has 1 saturated carbocycles. The zero-order valence-corrected chi connectivity index (χ0v) is 5.84. The summed E-state index contributed by atoms with van der Waals surface area (Å²) in [6.07, 6.45) is 7.10. The van der Waals surface area contributed by atoms with Crippen molar-refractivity contribution in [2.45, 2.75) is 31.7 Å². The molecule has 2 N–H and O–H groups in total. The lowest BCUT2D eigenvalue weighted by molar-refractivity contribution is 0.362. The van der Waals surface area contributed by atoms with Crippen LogP contribution in [-0.2, 0) is 0 Å². The van der Waals surface area contributed by atoms with Crippen molar-refractivity contribution < 1.29 is 0 Å². The molecule has 0 unspecified atom stereocenters. The minimum atomic E-state index is 0.399. The molecule has 0 amide bonds. The Morgan fingerprint density at radius 3 is 2.44 bits per heavy atom. The molecule has 1 heteroatoms. The lowest BCUT2D eigenvalue weighted by Gasteiger charge is -2.25. The van der Waals surface area contributed by atoms with Gasteiger partial charge in [-0.05, 0) is 18.8 Å². The molecule has 9 heavy (non-hydrogen) atoms. The highest BCUT2D eigenvalue weighted by atomic mass is 14.6. The van der Waals surface area contributed by atoms with E-state index in [0.717, 1.165) is 0 Å². The van der Waals surface area contributed by atoms with E-state index >= 15 is 0 Å². The molecular formula is C8H15N. The van der Waals surface area contributed by atoms with E-state index in [1.807, 2.05) is 6.08 Å². The van der Waals surface area contributed by atoms with Crippen LogP contribution in [-0.4, -0.2) is 6.04 Å². The molecule has 0 aromatic carbocycles. The third kappa shape index (κ3) is 1.55. The first-order valence-corrected chi connectivity index (χ1v) is 3.72. The Morgan fingerprint density at radius 1 is 1.33 bits per heavy atom. The first kappa shape index (κ1) is 6.81. The highest BCUT2D eigenvalue weighted by Gasteiger charge is 2.17. The van der Waals surface area contributed by atoms with Crippen LogP contribution < -0.4 is 5.73 Å². The van der Waals surface area contributed by atoms with Gasteiger partial charge in [-0.25, -0.2) is 0 Å². The van der Waals surface area contributed by atoms with Gasteiger partial charge in [-0.1, -0.05) is 18.9 Å². The van der Waals surface area contributed by atoms with Gasteiger partial charge in [0.2, 0.25) is 0 Å². The SMILES string of the molecule is C=C[C@@H]1CCCC[C@@H]1N. The van der Waals surface area contributed by atoms with Gasteiger partial charge in [0.1, 0.15) is 0 Å². The summed E-state index contributed by atoms with van der Waals surface area (Å²) in [5.41, 5.74) is 5.82. The average Bonchev–Trinajstić information content (AvgIpc) is 1.89. The van der Waals surface area contributed by atoms with Crippen molar-refractivity contribution in [3.63, 3.8) is 0 Å². The Hall–Kier alpha value is -0.300. The van der Waals surface area contributed by atoms with Crippen molar-refractivity contribution in [3.05, 3.63) is 12.7 Å². The fourth-order valence-electron chi connectivity index (χ4n) is 1.48. The molecule has 0 saturated heterocycles. The summed E-state index contributed by atoms with van der Waals surface area (Å²) in [5, 5.41) is 0. The first-order valence-electron chi connectivity index (χ1n) is 3.72. The highest BCUT2D eigenvalue weighted by molar-refractivity contribution is 4.89. The molecule has 0 spiro atoms. The largest absolute Gasteiger partial charge is 0.327 e. The van der Waals surface area contributed by atoms with Crippen LogP contribution in [0, 0.1) is 5.92 Å². The molecule has 0 radical (unpaired) electrons. The predicted molar refractivity (Wildman–Crippen MR) is 40.1 cm³/mol. The summed E-state index contributed by atoms with van der Waals surface area (Å²) in [4.78, 5) is 0. The zero-order chi connectivity index (χ0) is 6.69. The summed E-state index contributed by atoms with van der Waals surface area (Å²) < 4.78 is 0. The molecule has 1 fully saturated rings. The predicted octanol–water partition coefficient (Wildman–Crippen LogP) is 1.69. The van der Waals surface area contributed by atoms with Crippen LogP contribution in [0.25, 0.3) is 0 Å². The molecule has 1 aliphatic carbocycles. The number of nitrogens with two attached hydrogens (primary N) is 1. The van der Waals surface area contributed by atoms with E-state index in [1.165, 1.54) is 25.7 Å². The van der Waals surface area contributed by atoms with E-state index in [4.69, 9.17) is 5.73 Å². The van der Waals surface area contributed by atoms with Crippen LogP contribution in [0.3, 0.4) is 0 Å². The van der Waals surface area contributed by atoms with E-state index in [1.54, 1.807) is 0 Å². The smallest absolute Gasteiger partial charge is 0.0102 e. The highest BCUT2D eigenvalue weighted by Crippen LogP contribution is 2.22. The van der Waals surface area contributed by atoms with E-state index in [2.05, 4.69) is 6.58 Å². The molecule has 1 rings (SSSR count). The number of rotatable bonds is 1. The number of hydrogen-bond donors (Lipinski definition) is 1. The maximum atomic E-state index is 5.82. The maximum Gasteiger partial charge on any atom is 0.0102 e. The minimum absolute atomic E-state index is 0.399. The van der Waals surface area contributed by atoms with E-state index in [0.29, 0.717) is 12.0 Å². The van der Waals surface area contributed by atoms with Gasteiger partial charge in [0.05, 0.1) is 0 Å². The van der Waals surface area contributed by atoms with Gasteiger partial charge in [0.25, 0.3) is 0 Å². The lowest BCUT2D eigenvalue weighted by Crippen LogP contribution is -2.31. The van der Waals surface area contributed by atoms with Crippen LogP contribution in [0.2, 0.25) is 0 Å². The van der Waals surface area contributed by atoms with Gasteiger partial charge in [-0.15, -0.1) is 6.58 Å². The monoisotopic (exact) mass is 125 g/mol. The Bertz CT molecular complexity index is 98.7. The molecular weight excluding hydrogens is 110 g/mol. The molecule has 0 heterocycles. The molecule has 1 nitrogen and oxygen atoms in total. The van der Waals surface area contributed by atoms with Gasteiger partial charge in [-0.2, -0.15) is 0 Å². The molecule has 2 atom stereocenters. The summed E-state index contributed by atoms with van der Waals surface area (Å²) in [7, 11) is 0. The minimum Gasteiger partial charge on any atom is -0.327 e. The zero-order valence-electron chi connectivity index (χ0n) is 5.84. The molecule has 0 aliphatic heterocycles. The second-order valence-corrected chi connectivity index (χ2v) is 2.85. The molecule has 52 valence electrons. The van der Waals surface area contributed by atoms with Gasteiger partial charge >= 0.3 is 0 Å². The molecule has 0 aromatic rings. The lowest BCUT2D eigenvalue weighted by atomic mass is 9.85. The van der Waals surface area contributed by atoms with Crippen molar-refractivity contribution >= 4 is 0 Å². The van der Waals surface area contributed by atoms with Crippen LogP contribution in [0.4, 0.5) is 0 Å². The summed E-state index contributed by atoms with van der Waals surface area (Å²) in [5.74, 6) is 0.596. The number of hydrogen-bond acceptors (Lipinski definition) is 1. The first-order chi connectivity index (χ1) is 4.34. The van der Waals surface area contributed by atoms with Crippen molar-refractivity contribution in [1.82, 2.24) is 0 Å². The quantitative estimate of drug-likeness (QED) is 0.530. The van der Waals surface area contributed by atoms with Crippen LogP contribution in [0.15, 0.2) is 12.7 Å². The normalized spacial score (nSPS) is 36.1. The Labute approximate surface area is 56.9 Å². The Morgan fingerprint density at radius 2 is 2.00 bits per heavy atom. The summed E-state index contributed by atoms with van der Waals surface area (Å²) in [6, 6.07) is 0.399. The Kier molecular flexibility index (Phi) is 2.29. The van der Waals surface area contributed by atoms with Gasteiger partial charge in [0, 0.05) is 6.04 Å². The van der Waals surface area contributed by atoms with Gasteiger partial charge in [-0.3, -0.25) is 0 Å². The van der Waals surface area contributed by atoms with E-state index in [9.17, 15) is 0 Å². The fraction of sp³-hybridized carbons (Fsp3) is 0.750. The van der Waals surface area contributed by atoms with Crippen molar-refractivity contribution in [2.75, 3.05) is 0 Å². The molecule has 0 aromatic heterocycles.